The van der Waals surface area contributed by atoms with E-state index in [0.29, 0.717) is 12.2 Å². The second kappa shape index (κ2) is 3.91. The molecule has 0 aliphatic carbocycles. The molecule has 0 saturated carbocycles. The maximum atomic E-state index is 9.84. The minimum Gasteiger partial charge on any atom is -0.506 e. The molecule has 1 aromatic carbocycles. The van der Waals surface area contributed by atoms with Gasteiger partial charge in [-0.05, 0) is 54.2 Å². The second-order valence-electron chi connectivity index (χ2n) is 4.37. The molecule has 0 aromatic heterocycles. The van der Waals surface area contributed by atoms with Crippen molar-refractivity contribution in [3.05, 3.63) is 27.7 Å². The van der Waals surface area contributed by atoms with E-state index in [4.69, 9.17) is 5.73 Å². The van der Waals surface area contributed by atoms with Crippen molar-refractivity contribution in [2.45, 2.75) is 32.7 Å². The Bertz CT molecular complexity index is 342. The van der Waals surface area contributed by atoms with Gasteiger partial charge in [-0.25, -0.2) is 0 Å². The lowest BCUT2D eigenvalue weighted by Crippen LogP contribution is -2.34. The van der Waals surface area contributed by atoms with E-state index in [0.717, 1.165) is 15.6 Å². The highest BCUT2D eigenvalue weighted by Gasteiger charge is 2.16. The molecule has 2 nitrogen and oxygen atoms in total. The van der Waals surface area contributed by atoms with E-state index in [2.05, 4.69) is 15.9 Å². The maximum absolute atomic E-state index is 9.84. The van der Waals surface area contributed by atoms with Crippen LogP contribution in [-0.2, 0) is 6.42 Å². The molecule has 0 fully saturated rings. The van der Waals surface area contributed by atoms with Gasteiger partial charge in [0, 0.05) is 5.54 Å². The molecule has 0 spiro atoms. The smallest absolute Gasteiger partial charge is 0.133 e. The number of rotatable bonds is 2. The molecule has 0 aliphatic rings. The Morgan fingerprint density at radius 1 is 1.43 bits per heavy atom. The molecule has 3 N–H and O–H groups in total. The summed E-state index contributed by atoms with van der Waals surface area (Å²) >= 11 is 3.35. The number of hydrogen-bond acceptors (Lipinski definition) is 2. The lowest BCUT2D eigenvalue weighted by atomic mass is 9.95. The van der Waals surface area contributed by atoms with Gasteiger partial charge in [-0.15, -0.1) is 0 Å². The van der Waals surface area contributed by atoms with Gasteiger partial charge in [0.2, 0.25) is 0 Å². The summed E-state index contributed by atoms with van der Waals surface area (Å²) < 4.78 is 0.763. The van der Waals surface area contributed by atoms with Crippen LogP contribution in [-0.4, -0.2) is 10.6 Å². The van der Waals surface area contributed by atoms with Gasteiger partial charge >= 0.3 is 0 Å². The van der Waals surface area contributed by atoms with E-state index < -0.39 is 0 Å². The third kappa shape index (κ3) is 2.72. The molecule has 0 aliphatic heterocycles. The number of hydrogen-bond donors (Lipinski definition) is 2. The van der Waals surface area contributed by atoms with Gasteiger partial charge in [-0.3, -0.25) is 0 Å². The highest BCUT2D eigenvalue weighted by Crippen LogP contribution is 2.32. The average Bonchev–Trinajstić information content (AvgIpc) is 2.04. The van der Waals surface area contributed by atoms with Crippen LogP contribution in [0.1, 0.15) is 25.0 Å². The molecule has 1 rings (SSSR count). The summed E-state index contributed by atoms with van der Waals surface area (Å²) in [6.07, 6.45) is 0.664. The van der Waals surface area contributed by atoms with Gasteiger partial charge < -0.3 is 10.8 Å². The fourth-order valence-corrected chi connectivity index (χ4v) is 1.73. The molecule has 14 heavy (non-hydrogen) atoms. The third-order valence-electron chi connectivity index (χ3n) is 2.04. The SMILES string of the molecule is Cc1ccc(CC(C)(C)N)c(O)c1Br. The Balaban J connectivity index is 3.06. The fraction of sp³-hybridized carbons (Fsp3) is 0.455. The summed E-state index contributed by atoms with van der Waals surface area (Å²) in [6.45, 7) is 5.83. The van der Waals surface area contributed by atoms with Crippen molar-refractivity contribution in [1.82, 2.24) is 0 Å². The van der Waals surface area contributed by atoms with Crippen molar-refractivity contribution in [3.8, 4) is 5.75 Å². The molecular weight excluding hydrogens is 242 g/mol. The minimum atomic E-state index is -0.299. The Morgan fingerprint density at radius 3 is 2.50 bits per heavy atom. The zero-order valence-electron chi connectivity index (χ0n) is 8.76. The molecule has 0 saturated heterocycles. The van der Waals surface area contributed by atoms with Crippen molar-refractivity contribution in [3.63, 3.8) is 0 Å². The van der Waals surface area contributed by atoms with Crippen LogP contribution < -0.4 is 5.73 Å². The molecule has 0 bridgehead atoms. The molecule has 3 heteroatoms. The van der Waals surface area contributed by atoms with Gasteiger partial charge in [0.15, 0.2) is 0 Å². The third-order valence-corrected chi connectivity index (χ3v) is 3.04. The Labute approximate surface area is 93.3 Å². The quantitative estimate of drug-likeness (QED) is 0.856. The molecule has 78 valence electrons. The fourth-order valence-electron chi connectivity index (χ4n) is 1.34. The topological polar surface area (TPSA) is 46.2 Å². The predicted octanol–water partition coefficient (Wildman–Crippen LogP) is 2.74. The van der Waals surface area contributed by atoms with Crippen LogP contribution in [0.5, 0.6) is 5.75 Å². The van der Waals surface area contributed by atoms with Crippen LogP contribution in [0, 0.1) is 6.92 Å². The number of phenols is 1. The summed E-state index contributed by atoms with van der Waals surface area (Å²) in [5.41, 5.74) is 7.51. The van der Waals surface area contributed by atoms with Gasteiger partial charge in [-0.2, -0.15) is 0 Å². The van der Waals surface area contributed by atoms with Gasteiger partial charge in [0.05, 0.1) is 4.47 Å². The monoisotopic (exact) mass is 257 g/mol. The van der Waals surface area contributed by atoms with Crippen LogP contribution in [0.15, 0.2) is 16.6 Å². The molecule has 0 atom stereocenters. The summed E-state index contributed by atoms with van der Waals surface area (Å²) in [5.74, 6) is 0.309. The second-order valence-corrected chi connectivity index (χ2v) is 5.16. The minimum absolute atomic E-state index is 0.299. The van der Waals surface area contributed by atoms with E-state index in [1.807, 2.05) is 32.9 Å². The summed E-state index contributed by atoms with van der Waals surface area (Å²) in [5, 5.41) is 9.84. The maximum Gasteiger partial charge on any atom is 0.133 e. The van der Waals surface area contributed by atoms with Crippen molar-refractivity contribution in [1.29, 1.82) is 0 Å². The zero-order chi connectivity index (χ0) is 10.9. The molecule has 1 aromatic rings. The number of aromatic hydroxyl groups is 1. The zero-order valence-corrected chi connectivity index (χ0v) is 10.4. The highest BCUT2D eigenvalue weighted by molar-refractivity contribution is 9.10. The van der Waals surface area contributed by atoms with Crippen molar-refractivity contribution < 1.29 is 5.11 Å². The van der Waals surface area contributed by atoms with E-state index in [1.165, 1.54) is 0 Å². The Hall–Kier alpha value is -0.540. The van der Waals surface area contributed by atoms with Crippen molar-refractivity contribution in [2.24, 2.45) is 5.73 Å². The number of halogens is 1. The first-order valence-electron chi connectivity index (χ1n) is 4.57. The van der Waals surface area contributed by atoms with Crippen LogP contribution in [0.4, 0.5) is 0 Å². The van der Waals surface area contributed by atoms with E-state index in [-0.39, 0.29) is 5.54 Å². The lowest BCUT2D eigenvalue weighted by molar-refractivity contribution is 0.446. The average molecular weight is 258 g/mol. The Kier molecular flexibility index (Phi) is 3.22. The number of phenolic OH excluding ortho intramolecular Hbond substituents is 1. The van der Waals surface area contributed by atoms with Crippen LogP contribution in [0.25, 0.3) is 0 Å². The molecule has 0 radical (unpaired) electrons. The number of benzene rings is 1. The first kappa shape index (κ1) is 11.5. The molecule has 0 unspecified atom stereocenters. The van der Waals surface area contributed by atoms with Crippen molar-refractivity contribution >= 4 is 15.9 Å². The number of aryl methyl sites for hydroxylation is 1. The first-order chi connectivity index (χ1) is 6.31. The first-order valence-corrected chi connectivity index (χ1v) is 5.36. The lowest BCUT2D eigenvalue weighted by Gasteiger charge is -2.19. The van der Waals surface area contributed by atoms with E-state index >= 15 is 0 Å². The molecule has 0 amide bonds. The molecule has 0 heterocycles. The Morgan fingerprint density at radius 2 is 2.00 bits per heavy atom. The van der Waals surface area contributed by atoms with E-state index in [9.17, 15) is 5.11 Å². The molecular formula is C11H16BrNO. The standard InChI is InChI=1S/C11H16BrNO/c1-7-4-5-8(6-11(2,3)13)10(14)9(7)12/h4-5,14H,6,13H2,1-3H3. The van der Waals surface area contributed by atoms with Gasteiger partial charge in [0.25, 0.3) is 0 Å². The van der Waals surface area contributed by atoms with Crippen LogP contribution in [0.3, 0.4) is 0 Å². The van der Waals surface area contributed by atoms with Crippen molar-refractivity contribution in [2.75, 3.05) is 0 Å². The van der Waals surface area contributed by atoms with E-state index in [1.54, 1.807) is 0 Å². The summed E-state index contributed by atoms with van der Waals surface area (Å²) in [4.78, 5) is 0. The highest BCUT2D eigenvalue weighted by atomic mass is 79.9. The summed E-state index contributed by atoms with van der Waals surface area (Å²) in [6, 6.07) is 3.90. The predicted molar refractivity (Wildman–Crippen MR) is 62.5 cm³/mol. The normalized spacial score (nSPS) is 11.8. The van der Waals surface area contributed by atoms with Gasteiger partial charge in [0.1, 0.15) is 5.75 Å². The van der Waals surface area contributed by atoms with Crippen LogP contribution in [0.2, 0.25) is 0 Å². The van der Waals surface area contributed by atoms with Gasteiger partial charge in [-0.1, -0.05) is 12.1 Å². The number of nitrogens with two attached hydrogens (primary N) is 1. The van der Waals surface area contributed by atoms with Crippen LogP contribution >= 0.6 is 15.9 Å². The summed E-state index contributed by atoms with van der Waals surface area (Å²) in [7, 11) is 0. The largest absolute Gasteiger partial charge is 0.506 e.